The van der Waals surface area contributed by atoms with Crippen LogP contribution in [0.1, 0.15) is 19.3 Å². The van der Waals surface area contributed by atoms with E-state index >= 15 is 0 Å². The molecule has 1 saturated heterocycles. The Kier molecular flexibility index (Phi) is 3.14. The molecule has 0 spiro atoms. The molecule has 1 aromatic heterocycles. The number of fused-ring (bicyclic) bond motifs is 1. The van der Waals surface area contributed by atoms with Gasteiger partial charge in [-0.2, -0.15) is 0 Å². The van der Waals surface area contributed by atoms with Gasteiger partial charge in [0.2, 0.25) is 0 Å². The van der Waals surface area contributed by atoms with E-state index in [2.05, 4.69) is 46.0 Å². The predicted octanol–water partition coefficient (Wildman–Crippen LogP) is 3.13. The summed E-state index contributed by atoms with van der Waals surface area (Å²) in [5.74, 6) is 0. The minimum absolute atomic E-state index is 1.12. The molecule has 1 fully saturated rings. The zero-order chi connectivity index (χ0) is 11.5. The van der Waals surface area contributed by atoms with Crippen molar-refractivity contribution in [3.05, 3.63) is 36.5 Å². The third kappa shape index (κ3) is 2.37. The van der Waals surface area contributed by atoms with E-state index in [1.54, 1.807) is 0 Å². The van der Waals surface area contributed by atoms with Gasteiger partial charge in [0.25, 0.3) is 0 Å². The van der Waals surface area contributed by atoms with Crippen LogP contribution in [-0.4, -0.2) is 29.1 Å². The van der Waals surface area contributed by atoms with Gasteiger partial charge in [0.15, 0.2) is 0 Å². The fourth-order valence-electron chi connectivity index (χ4n) is 2.77. The van der Waals surface area contributed by atoms with E-state index in [9.17, 15) is 0 Å². The average Bonchev–Trinajstić information content (AvgIpc) is 2.81. The van der Waals surface area contributed by atoms with Crippen LogP contribution >= 0.6 is 0 Å². The molecule has 2 aromatic rings. The molecule has 0 unspecified atom stereocenters. The molecule has 3 rings (SSSR count). The van der Waals surface area contributed by atoms with Crippen LogP contribution in [0.4, 0.5) is 0 Å². The van der Waals surface area contributed by atoms with Crippen LogP contribution in [0.5, 0.6) is 0 Å². The molecule has 0 aliphatic carbocycles. The number of likely N-dealkylation sites (tertiary alicyclic amines) is 1. The van der Waals surface area contributed by atoms with E-state index in [1.807, 2.05) is 0 Å². The fraction of sp³-hybridized carbons (Fsp3) is 0.467. The third-order valence-electron chi connectivity index (χ3n) is 3.79. The Hall–Kier alpha value is -1.28. The predicted molar refractivity (Wildman–Crippen MR) is 72.2 cm³/mol. The highest BCUT2D eigenvalue weighted by Crippen LogP contribution is 2.15. The number of aromatic nitrogens is 1. The second kappa shape index (κ2) is 4.92. The second-order valence-electron chi connectivity index (χ2n) is 4.97. The lowest BCUT2D eigenvalue weighted by Gasteiger charge is -2.26. The summed E-state index contributed by atoms with van der Waals surface area (Å²) in [6.45, 7) is 4.89. The SMILES string of the molecule is c1ccc2c(c1)ccn2CCN1CCCCC1. The maximum Gasteiger partial charge on any atom is 0.0480 e. The van der Waals surface area contributed by atoms with Gasteiger partial charge < -0.3 is 9.47 Å². The Morgan fingerprint density at radius 3 is 2.59 bits per heavy atom. The molecule has 2 heteroatoms. The maximum absolute atomic E-state index is 2.60. The molecule has 0 saturated carbocycles. The minimum Gasteiger partial charge on any atom is -0.346 e. The molecule has 1 aliphatic heterocycles. The molecule has 2 heterocycles. The fourth-order valence-corrected chi connectivity index (χ4v) is 2.77. The van der Waals surface area contributed by atoms with E-state index in [0.29, 0.717) is 0 Å². The van der Waals surface area contributed by atoms with Gasteiger partial charge in [0.05, 0.1) is 0 Å². The molecule has 1 aliphatic rings. The lowest BCUT2D eigenvalue weighted by molar-refractivity contribution is 0.221. The summed E-state index contributed by atoms with van der Waals surface area (Å²) < 4.78 is 2.38. The first kappa shape index (κ1) is 10.8. The monoisotopic (exact) mass is 228 g/mol. The Labute approximate surface area is 103 Å². The van der Waals surface area contributed by atoms with Crippen LogP contribution in [0.15, 0.2) is 36.5 Å². The van der Waals surface area contributed by atoms with Crippen molar-refractivity contribution in [3.63, 3.8) is 0 Å². The molecular weight excluding hydrogens is 208 g/mol. The van der Waals surface area contributed by atoms with Crippen molar-refractivity contribution in [1.29, 1.82) is 0 Å². The molecule has 0 amide bonds. The van der Waals surface area contributed by atoms with Crippen molar-refractivity contribution in [2.24, 2.45) is 0 Å². The number of nitrogens with zero attached hydrogens (tertiary/aromatic N) is 2. The van der Waals surface area contributed by atoms with Crippen molar-refractivity contribution in [1.82, 2.24) is 9.47 Å². The molecule has 2 nitrogen and oxygen atoms in total. The van der Waals surface area contributed by atoms with Crippen LogP contribution in [0, 0.1) is 0 Å². The lowest BCUT2D eigenvalue weighted by Crippen LogP contribution is -2.32. The van der Waals surface area contributed by atoms with Crippen molar-refractivity contribution >= 4 is 10.9 Å². The van der Waals surface area contributed by atoms with Crippen LogP contribution in [0.2, 0.25) is 0 Å². The first-order valence-electron chi connectivity index (χ1n) is 6.70. The summed E-state index contributed by atoms with van der Waals surface area (Å²) in [4.78, 5) is 2.60. The van der Waals surface area contributed by atoms with E-state index in [0.717, 1.165) is 6.54 Å². The molecule has 17 heavy (non-hydrogen) atoms. The van der Waals surface area contributed by atoms with Gasteiger partial charge >= 0.3 is 0 Å². The van der Waals surface area contributed by atoms with Crippen LogP contribution in [0.3, 0.4) is 0 Å². The topological polar surface area (TPSA) is 8.17 Å². The van der Waals surface area contributed by atoms with Crippen molar-refractivity contribution in [2.75, 3.05) is 19.6 Å². The van der Waals surface area contributed by atoms with E-state index in [-0.39, 0.29) is 0 Å². The van der Waals surface area contributed by atoms with E-state index in [4.69, 9.17) is 0 Å². The largest absolute Gasteiger partial charge is 0.346 e. The molecule has 0 bridgehead atoms. The number of para-hydroxylation sites is 1. The summed E-state index contributed by atoms with van der Waals surface area (Å²) >= 11 is 0. The van der Waals surface area contributed by atoms with Gasteiger partial charge in [-0.05, 0) is 43.5 Å². The highest BCUT2D eigenvalue weighted by molar-refractivity contribution is 5.79. The highest BCUT2D eigenvalue weighted by atomic mass is 15.1. The summed E-state index contributed by atoms with van der Waals surface area (Å²) in [5, 5.41) is 1.35. The first-order chi connectivity index (χ1) is 8.43. The number of hydrogen-bond acceptors (Lipinski definition) is 1. The quantitative estimate of drug-likeness (QED) is 0.783. The summed E-state index contributed by atoms with van der Waals surface area (Å²) in [5.41, 5.74) is 1.37. The van der Waals surface area contributed by atoms with Gasteiger partial charge in [-0.15, -0.1) is 0 Å². The summed E-state index contributed by atoms with van der Waals surface area (Å²) in [7, 11) is 0. The molecule has 0 atom stereocenters. The number of benzene rings is 1. The Morgan fingerprint density at radius 1 is 0.882 bits per heavy atom. The Balaban J connectivity index is 1.68. The summed E-state index contributed by atoms with van der Waals surface area (Å²) in [6, 6.07) is 10.8. The molecule has 90 valence electrons. The zero-order valence-electron chi connectivity index (χ0n) is 10.3. The van der Waals surface area contributed by atoms with Gasteiger partial charge in [0.1, 0.15) is 0 Å². The van der Waals surface area contributed by atoms with Crippen LogP contribution in [0.25, 0.3) is 10.9 Å². The lowest BCUT2D eigenvalue weighted by atomic mass is 10.1. The standard InChI is InChI=1S/C15H20N2/c1-4-9-16(10-5-1)12-13-17-11-8-14-6-2-3-7-15(14)17/h2-3,6-8,11H,1,4-5,9-10,12-13H2. The van der Waals surface area contributed by atoms with Crippen LogP contribution < -0.4 is 0 Å². The first-order valence-corrected chi connectivity index (χ1v) is 6.70. The maximum atomic E-state index is 2.60. The van der Waals surface area contributed by atoms with Gasteiger partial charge in [-0.3, -0.25) is 0 Å². The number of rotatable bonds is 3. The number of hydrogen-bond donors (Lipinski definition) is 0. The van der Waals surface area contributed by atoms with Crippen LogP contribution in [-0.2, 0) is 6.54 Å². The van der Waals surface area contributed by atoms with Gasteiger partial charge in [-0.1, -0.05) is 24.6 Å². The van der Waals surface area contributed by atoms with Crippen molar-refractivity contribution in [3.8, 4) is 0 Å². The van der Waals surface area contributed by atoms with Crippen molar-refractivity contribution in [2.45, 2.75) is 25.8 Å². The van der Waals surface area contributed by atoms with E-state index < -0.39 is 0 Å². The third-order valence-corrected chi connectivity index (χ3v) is 3.79. The van der Waals surface area contributed by atoms with E-state index in [1.165, 1.54) is 49.8 Å². The van der Waals surface area contributed by atoms with Gasteiger partial charge in [-0.25, -0.2) is 0 Å². The average molecular weight is 228 g/mol. The smallest absolute Gasteiger partial charge is 0.0480 e. The highest BCUT2D eigenvalue weighted by Gasteiger charge is 2.09. The normalized spacial score (nSPS) is 17.6. The molecular formula is C15H20N2. The Morgan fingerprint density at radius 2 is 1.71 bits per heavy atom. The molecule has 0 radical (unpaired) electrons. The molecule has 1 aromatic carbocycles. The number of piperidine rings is 1. The summed E-state index contributed by atoms with van der Waals surface area (Å²) in [6.07, 6.45) is 6.40. The molecule has 0 N–H and O–H groups in total. The second-order valence-corrected chi connectivity index (χ2v) is 4.97. The van der Waals surface area contributed by atoms with Crippen molar-refractivity contribution < 1.29 is 0 Å². The zero-order valence-corrected chi connectivity index (χ0v) is 10.3. The minimum atomic E-state index is 1.12. The Bertz CT molecular complexity index is 480. The van der Waals surface area contributed by atoms with Gasteiger partial charge in [0, 0.05) is 24.8 Å².